The van der Waals surface area contributed by atoms with Crippen LogP contribution in [0.5, 0.6) is 0 Å². The van der Waals surface area contributed by atoms with E-state index in [0.717, 1.165) is 13.0 Å². The molecule has 0 saturated heterocycles. The third-order valence-corrected chi connectivity index (χ3v) is 2.58. The quantitative estimate of drug-likeness (QED) is 0.778. The van der Waals surface area contributed by atoms with E-state index in [9.17, 15) is 22.8 Å². The van der Waals surface area contributed by atoms with Crippen molar-refractivity contribution >= 4 is 27.7 Å². The first kappa shape index (κ1) is 14.5. The number of amides is 2. The number of alkyl halides is 3. The monoisotopic (exact) mass is 324 g/mol. The molecule has 0 aliphatic heterocycles. The number of hydrogen-bond acceptors (Lipinski definition) is 2. The number of hydrogen-bond donors (Lipinski definition) is 2. The van der Waals surface area contributed by atoms with E-state index >= 15 is 0 Å². The second-order valence-corrected chi connectivity index (χ2v) is 4.18. The summed E-state index contributed by atoms with van der Waals surface area (Å²) in [6, 6.07) is 3.02. The molecule has 0 unspecified atom stereocenters. The van der Waals surface area contributed by atoms with Gasteiger partial charge >= 0.3 is 6.18 Å². The highest BCUT2D eigenvalue weighted by Crippen LogP contribution is 2.35. The van der Waals surface area contributed by atoms with Gasteiger partial charge in [-0.2, -0.15) is 13.2 Å². The zero-order chi connectivity index (χ0) is 13.9. The summed E-state index contributed by atoms with van der Waals surface area (Å²) in [5.74, 6) is -1.36. The van der Waals surface area contributed by atoms with Gasteiger partial charge in [-0.25, -0.2) is 0 Å². The molecule has 0 radical (unpaired) electrons. The van der Waals surface area contributed by atoms with Crippen molar-refractivity contribution in [3.8, 4) is 0 Å². The Labute approximate surface area is 109 Å². The Morgan fingerprint density at radius 1 is 1.22 bits per heavy atom. The highest BCUT2D eigenvalue weighted by molar-refractivity contribution is 9.10. The van der Waals surface area contributed by atoms with Gasteiger partial charge in [-0.15, -0.1) is 0 Å². The van der Waals surface area contributed by atoms with Crippen molar-refractivity contribution < 1.29 is 22.8 Å². The van der Waals surface area contributed by atoms with Gasteiger partial charge in [-0.05, 0) is 18.2 Å². The minimum atomic E-state index is -4.57. The predicted molar refractivity (Wildman–Crippen MR) is 60.4 cm³/mol. The van der Waals surface area contributed by atoms with Crippen LogP contribution in [-0.4, -0.2) is 11.8 Å². The maximum Gasteiger partial charge on any atom is 0.417 e. The number of rotatable bonds is 1. The molecule has 0 atom stereocenters. The second-order valence-electron chi connectivity index (χ2n) is 3.33. The molecule has 4 nitrogen and oxygen atoms in total. The first-order valence-electron chi connectivity index (χ1n) is 4.65. The third-order valence-electron chi connectivity index (χ3n) is 1.89. The second kappa shape index (κ2) is 5.38. The summed E-state index contributed by atoms with van der Waals surface area (Å²) in [4.78, 5) is 22.0. The lowest BCUT2D eigenvalue weighted by Gasteiger charge is -2.11. The zero-order valence-corrected chi connectivity index (χ0v) is 10.6. The van der Waals surface area contributed by atoms with Crippen LogP contribution in [0.15, 0.2) is 22.7 Å². The lowest BCUT2D eigenvalue weighted by molar-refractivity contribution is -0.138. The van der Waals surface area contributed by atoms with E-state index < -0.39 is 23.6 Å². The van der Waals surface area contributed by atoms with E-state index in [1.807, 2.05) is 10.9 Å². The Bertz CT molecular complexity index is 489. The SMILES string of the molecule is CC(=O)NNC(=O)c1ccc(Br)c(C(F)(F)F)c1. The number of carbonyl (C=O) groups is 2. The van der Waals surface area contributed by atoms with Crippen LogP contribution in [0.1, 0.15) is 22.8 Å². The van der Waals surface area contributed by atoms with Crippen molar-refractivity contribution in [2.24, 2.45) is 0 Å². The Kier molecular flexibility index (Phi) is 4.33. The Balaban J connectivity index is 2.98. The number of benzene rings is 1. The Morgan fingerprint density at radius 2 is 1.83 bits per heavy atom. The maximum absolute atomic E-state index is 12.6. The summed E-state index contributed by atoms with van der Waals surface area (Å²) in [5.41, 5.74) is 2.79. The first-order chi connectivity index (χ1) is 8.21. The third kappa shape index (κ3) is 3.73. The lowest BCUT2D eigenvalue weighted by Crippen LogP contribution is -2.40. The standard InChI is InChI=1S/C10H8BrF3N2O2/c1-5(17)15-16-9(18)6-2-3-8(11)7(4-6)10(12,13)14/h2-4H,1H3,(H,15,17)(H,16,18). The van der Waals surface area contributed by atoms with Crippen LogP contribution < -0.4 is 10.9 Å². The molecule has 8 heteroatoms. The van der Waals surface area contributed by atoms with Gasteiger partial charge < -0.3 is 0 Å². The fourth-order valence-corrected chi connectivity index (χ4v) is 1.57. The fraction of sp³-hybridized carbons (Fsp3) is 0.200. The van der Waals surface area contributed by atoms with Crippen molar-refractivity contribution in [2.45, 2.75) is 13.1 Å². The van der Waals surface area contributed by atoms with E-state index in [1.54, 1.807) is 0 Å². The maximum atomic E-state index is 12.6. The lowest BCUT2D eigenvalue weighted by atomic mass is 10.1. The van der Waals surface area contributed by atoms with Crippen molar-refractivity contribution in [3.05, 3.63) is 33.8 Å². The first-order valence-corrected chi connectivity index (χ1v) is 5.45. The van der Waals surface area contributed by atoms with E-state index in [0.29, 0.717) is 6.07 Å². The molecule has 0 heterocycles. The summed E-state index contributed by atoms with van der Waals surface area (Å²) in [7, 11) is 0. The number of nitrogens with one attached hydrogen (secondary N) is 2. The van der Waals surface area contributed by atoms with E-state index in [1.165, 1.54) is 6.07 Å². The predicted octanol–water partition coefficient (Wildman–Crippen LogP) is 2.25. The molecular formula is C10H8BrF3N2O2. The van der Waals surface area contributed by atoms with Crippen molar-refractivity contribution in [1.29, 1.82) is 0 Å². The highest BCUT2D eigenvalue weighted by atomic mass is 79.9. The van der Waals surface area contributed by atoms with Crippen LogP contribution in [0.2, 0.25) is 0 Å². The normalized spacial score (nSPS) is 10.9. The summed E-state index contributed by atoms with van der Waals surface area (Å²) in [5, 5.41) is 0. The Hall–Kier alpha value is -1.57. The minimum absolute atomic E-state index is 0.161. The molecule has 1 aromatic carbocycles. The summed E-state index contributed by atoms with van der Waals surface area (Å²) in [6.07, 6.45) is -4.57. The smallest absolute Gasteiger partial charge is 0.274 e. The zero-order valence-electron chi connectivity index (χ0n) is 9.06. The van der Waals surface area contributed by atoms with Gasteiger partial charge in [0.2, 0.25) is 5.91 Å². The molecule has 0 aromatic heterocycles. The number of halogens is 4. The summed E-state index contributed by atoms with van der Waals surface area (Å²) >= 11 is 2.76. The van der Waals surface area contributed by atoms with Gasteiger partial charge in [0.05, 0.1) is 5.56 Å². The molecule has 0 saturated carbocycles. The average molecular weight is 325 g/mol. The topological polar surface area (TPSA) is 58.2 Å². The van der Waals surface area contributed by atoms with Gasteiger partial charge in [0.1, 0.15) is 0 Å². The molecule has 1 aromatic rings. The molecule has 2 amide bonds. The molecule has 0 bridgehead atoms. The molecule has 0 aliphatic rings. The van der Waals surface area contributed by atoms with Crippen LogP contribution in [0.25, 0.3) is 0 Å². The van der Waals surface area contributed by atoms with Crippen molar-refractivity contribution in [2.75, 3.05) is 0 Å². The molecule has 1 rings (SSSR count). The fourth-order valence-electron chi connectivity index (χ4n) is 1.10. The van der Waals surface area contributed by atoms with Crippen LogP contribution in [0, 0.1) is 0 Å². The van der Waals surface area contributed by atoms with Crippen LogP contribution in [-0.2, 0) is 11.0 Å². The van der Waals surface area contributed by atoms with E-state index in [-0.39, 0.29) is 10.0 Å². The highest BCUT2D eigenvalue weighted by Gasteiger charge is 2.33. The number of carbonyl (C=O) groups excluding carboxylic acids is 2. The molecular weight excluding hydrogens is 317 g/mol. The molecule has 0 aliphatic carbocycles. The van der Waals surface area contributed by atoms with Crippen LogP contribution in [0.4, 0.5) is 13.2 Å². The molecule has 18 heavy (non-hydrogen) atoms. The van der Waals surface area contributed by atoms with Gasteiger partial charge in [0, 0.05) is 17.0 Å². The molecule has 0 fully saturated rings. The number of hydrazine groups is 1. The van der Waals surface area contributed by atoms with Gasteiger partial charge in [-0.1, -0.05) is 15.9 Å². The Morgan fingerprint density at radius 3 is 2.33 bits per heavy atom. The van der Waals surface area contributed by atoms with Crippen molar-refractivity contribution in [1.82, 2.24) is 10.9 Å². The van der Waals surface area contributed by atoms with Gasteiger partial charge in [-0.3, -0.25) is 20.4 Å². The van der Waals surface area contributed by atoms with Crippen LogP contribution >= 0.6 is 15.9 Å². The van der Waals surface area contributed by atoms with E-state index in [4.69, 9.17) is 0 Å². The van der Waals surface area contributed by atoms with Crippen LogP contribution in [0.3, 0.4) is 0 Å². The van der Waals surface area contributed by atoms with Crippen molar-refractivity contribution in [3.63, 3.8) is 0 Å². The van der Waals surface area contributed by atoms with Gasteiger partial charge in [0.15, 0.2) is 0 Å². The average Bonchev–Trinajstić information content (AvgIpc) is 2.24. The minimum Gasteiger partial charge on any atom is -0.274 e. The summed E-state index contributed by atoms with van der Waals surface area (Å²) in [6.45, 7) is 1.16. The molecule has 98 valence electrons. The summed E-state index contributed by atoms with van der Waals surface area (Å²) < 4.78 is 37.6. The molecule has 2 N–H and O–H groups in total. The molecule has 0 spiro atoms. The van der Waals surface area contributed by atoms with Gasteiger partial charge in [0.25, 0.3) is 5.91 Å². The largest absolute Gasteiger partial charge is 0.417 e. The van der Waals surface area contributed by atoms with E-state index in [2.05, 4.69) is 15.9 Å².